The number of carbonyl (C=O) groups is 2. The molecule has 0 aliphatic heterocycles. The molecule has 1 atom stereocenters. The number of Topliss-reactive ketones (excluding diaryl/α,β-unsaturated/α-hetero) is 1. The Labute approximate surface area is 98.6 Å². The van der Waals surface area contributed by atoms with E-state index in [2.05, 4.69) is 25.5 Å². The van der Waals surface area contributed by atoms with Gasteiger partial charge in [-0.05, 0) is 11.8 Å². The van der Waals surface area contributed by atoms with Crippen LogP contribution in [0, 0.1) is 11.8 Å². The average molecular weight is 228 g/mol. The predicted octanol–water partition coefficient (Wildman–Crippen LogP) is 2.97. The lowest BCUT2D eigenvalue weighted by Crippen LogP contribution is -2.12. The standard InChI is InChI=1S/C13H24O3/c1-10(2)6-5-7-11(3)8-12(14)9-13(15)16-4/h10-11H,5-9H2,1-4H3/t11-/m1/s1. The molecule has 0 saturated heterocycles. The molecule has 0 aliphatic rings. The first-order chi connectivity index (χ1) is 7.45. The van der Waals surface area contributed by atoms with Gasteiger partial charge in [-0.25, -0.2) is 0 Å². The van der Waals surface area contributed by atoms with Crippen LogP contribution in [0.2, 0.25) is 0 Å². The summed E-state index contributed by atoms with van der Waals surface area (Å²) >= 11 is 0. The van der Waals surface area contributed by atoms with E-state index in [4.69, 9.17) is 0 Å². The second-order valence-electron chi connectivity index (χ2n) is 4.93. The van der Waals surface area contributed by atoms with Gasteiger partial charge in [-0.1, -0.05) is 40.0 Å². The van der Waals surface area contributed by atoms with Gasteiger partial charge in [-0.15, -0.1) is 0 Å². The summed E-state index contributed by atoms with van der Waals surface area (Å²) in [6.45, 7) is 6.47. The summed E-state index contributed by atoms with van der Waals surface area (Å²) in [4.78, 5) is 22.3. The monoisotopic (exact) mass is 228 g/mol. The van der Waals surface area contributed by atoms with E-state index in [1.165, 1.54) is 13.5 Å². The third-order valence-electron chi connectivity index (χ3n) is 2.62. The molecule has 0 N–H and O–H groups in total. The molecule has 0 fully saturated rings. The van der Waals surface area contributed by atoms with Crippen LogP contribution in [0.25, 0.3) is 0 Å². The second kappa shape index (κ2) is 8.31. The number of esters is 1. The van der Waals surface area contributed by atoms with Crippen molar-refractivity contribution in [1.82, 2.24) is 0 Å². The van der Waals surface area contributed by atoms with Crippen LogP contribution in [0.15, 0.2) is 0 Å². The highest BCUT2D eigenvalue weighted by Crippen LogP contribution is 2.16. The number of hydrogen-bond donors (Lipinski definition) is 0. The van der Waals surface area contributed by atoms with E-state index in [1.54, 1.807) is 0 Å². The molecule has 0 bridgehead atoms. The van der Waals surface area contributed by atoms with Crippen LogP contribution in [0.4, 0.5) is 0 Å². The average Bonchev–Trinajstić information content (AvgIpc) is 2.16. The summed E-state index contributed by atoms with van der Waals surface area (Å²) < 4.78 is 4.46. The lowest BCUT2D eigenvalue weighted by atomic mass is 9.95. The van der Waals surface area contributed by atoms with Crippen molar-refractivity contribution in [2.45, 2.75) is 52.9 Å². The van der Waals surface area contributed by atoms with Crippen molar-refractivity contribution in [3.05, 3.63) is 0 Å². The smallest absolute Gasteiger partial charge is 0.313 e. The van der Waals surface area contributed by atoms with Gasteiger partial charge in [0.1, 0.15) is 12.2 Å². The molecule has 0 aromatic carbocycles. The summed E-state index contributed by atoms with van der Waals surface area (Å²) in [6, 6.07) is 0. The number of hydrogen-bond acceptors (Lipinski definition) is 3. The third kappa shape index (κ3) is 8.45. The molecule has 0 amide bonds. The minimum absolute atomic E-state index is 0.0103. The first-order valence-corrected chi connectivity index (χ1v) is 6.04. The molecule has 0 aliphatic carbocycles. The number of ketones is 1. The maximum atomic E-state index is 11.4. The highest BCUT2D eigenvalue weighted by molar-refractivity contribution is 5.95. The minimum Gasteiger partial charge on any atom is -0.469 e. The van der Waals surface area contributed by atoms with Crippen molar-refractivity contribution < 1.29 is 14.3 Å². The molecule has 94 valence electrons. The van der Waals surface area contributed by atoms with Crippen molar-refractivity contribution in [2.24, 2.45) is 11.8 Å². The van der Waals surface area contributed by atoms with E-state index in [9.17, 15) is 9.59 Å². The molecule has 0 rings (SSSR count). The minimum atomic E-state index is -0.431. The molecule has 16 heavy (non-hydrogen) atoms. The molecule has 0 saturated carbocycles. The van der Waals surface area contributed by atoms with Gasteiger partial charge < -0.3 is 4.74 Å². The van der Waals surface area contributed by atoms with E-state index < -0.39 is 5.97 Å². The Balaban J connectivity index is 3.66. The highest BCUT2D eigenvalue weighted by atomic mass is 16.5. The molecule has 0 unspecified atom stereocenters. The number of rotatable bonds is 8. The van der Waals surface area contributed by atoms with Gasteiger partial charge in [0.05, 0.1) is 7.11 Å². The number of methoxy groups -OCH3 is 1. The van der Waals surface area contributed by atoms with E-state index in [0.29, 0.717) is 12.3 Å². The van der Waals surface area contributed by atoms with Crippen LogP contribution < -0.4 is 0 Å². The maximum Gasteiger partial charge on any atom is 0.313 e. The predicted molar refractivity (Wildman–Crippen MR) is 64.1 cm³/mol. The van der Waals surface area contributed by atoms with Crippen molar-refractivity contribution in [3.63, 3.8) is 0 Å². The van der Waals surface area contributed by atoms with E-state index >= 15 is 0 Å². The molecule has 3 heteroatoms. The quantitative estimate of drug-likeness (QED) is 0.474. The topological polar surface area (TPSA) is 43.4 Å². The first-order valence-electron chi connectivity index (χ1n) is 6.04. The maximum absolute atomic E-state index is 11.4. The fourth-order valence-corrected chi connectivity index (χ4v) is 1.67. The molecule has 0 aromatic heterocycles. The largest absolute Gasteiger partial charge is 0.469 e. The van der Waals surface area contributed by atoms with Crippen molar-refractivity contribution in [3.8, 4) is 0 Å². The number of carbonyl (C=O) groups excluding carboxylic acids is 2. The van der Waals surface area contributed by atoms with Gasteiger partial charge in [0, 0.05) is 6.42 Å². The zero-order valence-corrected chi connectivity index (χ0v) is 10.9. The van der Waals surface area contributed by atoms with Crippen molar-refractivity contribution in [2.75, 3.05) is 7.11 Å². The van der Waals surface area contributed by atoms with E-state index in [0.717, 1.165) is 18.8 Å². The highest BCUT2D eigenvalue weighted by Gasteiger charge is 2.13. The Morgan fingerprint density at radius 3 is 2.25 bits per heavy atom. The van der Waals surface area contributed by atoms with Crippen LogP contribution in [-0.2, 0) is 14.3 Å². The van der Waals surface area contributed by atoms with Gasteiger partial charge in [0.25, 0.3) is 0 Å². The lowest BCUT2D eigenvalue weighted by Gasteiger charge is -2.11. The fraction of sp³-hybridized carbons (Fsp3) is 0.846. The summed E-state index contributed by atoms with van der Waals surface area (Å²) in [7, 11) is 1.31. The zero-order chi connectivity index (χ0) is 12.6. The summed E-state index contributed by atoms with van der Waals surface area (Å²) in [5, 5.41) is 0. The normalized spacial score (nSPS) is 12.6. The SMILES string of the molecule is COC(=O)CC(=O)C[C@H](C)CCCC(C)C. The van der Waals surface area contributed by atoms with Crippen LogP contribution in [0.1, 0.15) is 52.9 Å². The van der Waals surface area contributed by atoms with Crippen LogP contribution >= 0.6 is 0 Å². The summed E-state index contributed by atoms with van der Waals surface area (Å²) in [5.41, 5.74) is 0. The van der Waals surface area contributed by atoms with E-state index in [-0.39, 0.29) is 12.2 Å². The van der Waals surface area contributed by atoms with Gasteiger partial charge in [0.15, 0.2) is 0 Å². The molecule has 0 heterocycles. The summed E-state index contributed by atoms with van der Waals surface area (Å²) in [5.74, 6) is 0.650. The first kappa shape index (κ1) is 15.1. The second-order valence-corrected chi connectivity index (χ2v) is 4.93. The molecule has 0 aromatic rings. The Morgan fingerprint density at radius 2 is 1.75 bits per heavy atom. The van der Waals surface area contributed by atoms with E-state index in [1.807, 2.05) is 0 Å². The Morgan fingerprint density at radius 1 is 1.12 bits per heavy atom. The summed E-state index contributed by atoms with van der Waals surface area (Å²) in [6.07, 6.45) is 3.84. The molecule has 0 radical (unpaired) electrons. The Kier molecular flexibility index (Phi) is 7.86. The fourth-order valence-electron chi connectivity index (χ4n) is 1.67. The molecular weight excluding hydrogens is 204 g/mol. The Hall–Kier alpha value is -0.860. The van der Waals surface area contributed by atoms with Gasteiger partial charge in [-0.2, -0.15) is 0 Å². The van der Waals surface area contributed by atoms with Crippen molar-refractivity contribution in [1.29, 1.82) is 0 Å². The van der Waals surface area contributed by atoms with Gasteiger partial charge in [-0.3, -0.25) is 9.59 Å². The van der Waals surface area contributed by atoms with Gasteiger partial charge >= 0.3 is 5.97 Å². The van der Waals surface area contributed by atoms with Gasteiger partial charge in [0.2, 0.25) is 0 Å². The van der Waals surface area contributed by atoms with Crippen LogP contribution in [-0.4, -0.2) is 18.9 Å². The third-order valence-corrected chi connectivity index (χ3v) is 2.62. The number of ether oxygens (including phenoxy) is 1. The zero-order valence-electron chi connectivity index (χ0n) is 10.9. The Bertz CT molecular complexity index is 221. The van der Waals surface area contributed by atoms with Crippen LogP contribution in [0.5, 0.6) is 0 Å². The molecule has 3 nitrogen and oxygen atoms in total. The van der Waals surface area contributed by atoms with Crippen LogP contribution in [0.3, 0.4) is 0 Å². The lowest BCUT2D eigenvalue weighted by molar-refractivity contribution is -0.143. The van der Waals surface area contributed by atoms with Crippen molar-refractivity contribution >= 4 is 11.8 Å². The molecule has 0 spiro atoms. The molecular formula is C13H24O3.